The van der Waals surface area contributed by atoms with E-state index in [1.54, 1.807) is 0 Å². The lowest BCUT2D eigenvalue weighted by atomic mass is 9.83. The lowest BCUT2D eigenvalue weighted by Gasteiger charge is -2.50. The van der Waals surface area contributed by atoms with Gasteiger partial charge in [0.05, 0.1) is 0 Å². The first-order valence-corrected chi connectivity index (χ1v) is 5.33. The maximum Gasteiger partial charge on any atom is 0.0448 e. The topological polar surface area (TPSA) is 23.5 Å². The fourth-order valence-corrected chi connectivity index (χ4v) is 1.86. The summed E-state index contributed by atoms with van der Waals surface area (Å²) in [6.45, 7) is 11.8. The molecule has 1 aliphatic rings. The van der Waals surface area contributed by atoms with Crippen LogP contribution in [0.1, 0.15) is 34.1 Å². The molecule has 0 aliphatic carbocycles. The summed E-state index contributed by atoms with van der Waals surface area (Å²) in [5.74, 6) is 1.68. The maximum absolute atomic E-state index is 8.92. The monoisotopic (exact) mass is 185 g/mol. The minimum absolute atomic E-state index is 0.195. The van der Waals surface area contributed by atoms with Gasteiger partial charge in [-0.2, -0.15) is 0 Å². The number of likely N-dealkylation sites (tertiary alicyclic amines) is 1. The first-order chi connectivity index (χ1) is 5.97. The molecule has 0 amide bonds. The average molecular weight is 185 g/mol. The van der Waals surface area contributed by atoms with Crippen molar-refractivity contribution < 1.29 is 5.11 Å². The summed E-state index contributed by atoms with van der Waals surface area (Å²) in [5, 5.41) is 8.92. The predicted molar refractivity (Wildman–Crippen MR) is 55.7 cm³/mol. The summed E-state index contributed by atoms with van der Waals surface area (Å²) in [5.41, 5.74) is 0.195. The van der Waals surface area contributed by atoms with E-state index in [0.717, 1.165) is 18.3 Å². The molecular formula is C11H23NO. The fourth-order valence-electron chi connectivity index (χ4n) is 1.86. The lowest BCUT2D eigenvalue weighted by molar-refractivity contribution is -0.0254. The number of rotatable bonds is 4. The standard InChI is InChI=1S/C11H23NO/c1-9(2)10-7-12(8-10)11(3,4)5-6-13/h9-10,13H,5-8H2,1-4H3. The van der Waals surface area contributed by atoms with E-state index in [4.69, 9.17) is 5.11 Å². The van der Waals surface area contributed by atoms with Gasteiger partial charge in [-0.1, -0.05) is 13.8 Å². The Hall–Kier alpha value is -0.0800. The smallest absolute Gasteiger partial charge is 0.0448 e. The molecule has 13 heavy (non-hydrogen) atoms. The van der Waals surface area contributed by atoms with Crippen molar-refractivity contribution in [1.82, 2.24) is 4.90 Å². The molecule has 0 aromatic carbocycles. The van der Waals surface area contributed by atoms with Crippen LogP contribution in [0.15, 0.2) is 0 Å². The van der Waals surface area contributed by atoms with Crippen LogP contribution in [-0.4, -0.2) is 35.2 Å². The molecule has 0 bridgehead atoms. The van der Waals surface area contributed by atoms with E-state index < -0.39 is 0 Å². The maximum atomic E-state index is 8.92. The predicted octanol–water partition coefficient (Wildman–Crippen LogP) is 1.74. The molecule has 0 unspecified atom stereocenters. The van der Waals surface area contributed by atoms with Gasteiger partial charge in [-0.05, 0) is 32.1 Å². The molecule has 0 aromatic heterocycles. The van der Waals surface area contributed by atoms with E-state index in [-0.39, 0.29) is 5.54 Å². The summed E-state index contributed by atoms with van der Waals surface area (Å²) in [7, 11) is 0. The third kappa shape index (κ3) is 2.44. The SMILES string of the molecule is CC(C)C1CN(C(C)(C)CCO)C1. The molecule has 2 heteroatoms. The molecule has 1 saturated heterocycles. The number of aliphatic hydroxyl groups is 1. The summed E-state index contributed by atoms with van der Waals surface area (Å²) < 4.78 is 0. The van der Waals surface area contributed by atoms with Crippen LogP contribution >= 0.6 is 0 Å². The van der Waals surface area contributed by atoms with Gasteiger partial charge in [-0.3, -0.25) is 4.90 Å². The Bertz CT molecular complexity index is 159. The van der Waals surface area contributed by atoms with Crippen LogP contribution in [0, 0.1) is 11.8 Å². The third-order valence-electron chi connectivity index (χ3n) is 3.43. The van der Waals surface area contributed by atoms with E-state index in [1.807, 2.05) is 0 Å². The molecule has 0 radical (unpaired) electrons. The average Bonchev–Trinajstić information content (AvgIpc) is 1.79. The molecule has 0 atom stereocenters. The normalized spacial score (nSPS) is 20.8. The Morgan fingerprint density at radius 1 is 1.38 bits per heavy atom. The van der Waals surface area contributed by atoms with Crippen LogP contribution in [0.25, 0.3) is 0 Å². The zero-order chi connectivity index (χ0) is 10.1. The van der Waals surface area contributed by atoms with Crippen LogP contribution in [-0.2, 0) is 0 Å². The third-order valence-corrected chi connectivity index (χ3v) is 3.43. The minimum atomic E-state index is 0.195. The van der Waals surface area contributed by atoms with Gasteiger partial charge in [-0.15, -0.1) is 0 Å². The number of hydrogen-bond acceptors (Lipinski definition) is 2. The zero-order valence-corrected chi connectivity index (χ0v) is 9.38. The Morgan fingerprint density at radius 3 is 2.31 bits per heavy atom. The van der Waals surface area contributed by atoms with Gasteiger partial charge in [0.25, 0.3) is 0 Å². The molecule has 1 fully saturated rings. The highest BCUT2D eigenvalue weighted by Crippen LogP contribution is 2.31. The van der Waals surface area contributed by atoms with Crippen molar-refractivity contribution in [2.75, 3.05) is 19.7 Å². The first-order valence-electron chi connectivity index (χ1n) is 5.33. The minimum Gasteiger partial charge on any atom is -0.396 e. The fraction of sp³-hybridized carbons (Fsp3) is 1.00. The van der Waals surface area contributed by atoms with Crippen molar-refractivity contribution in [2.24, 2.45) is 11.8 Å². The molecule has 0 saturated carbocycles. The van der Waals surface area contributed by atoms with E-state index >= 15 is 0 Å². The molecule has 1 heterocycles. The highest BCUT2D eigenvalue weighted by molar-refractivity contribution is 4.92. The van der Waals surface area contributed by atoms with Crippen molar-refractivity contribution in [3.63, 3.8) is 0 Å². The molecule has 1 aliphatic heterocycles. The molecule has 0 aromatic rings. The molecule has 78 valence electrons. The largest absolute Gasteiger partial charge is 0.396 e. The van der Waals surface area contributed by atoms with Gasteiger partial charge < -0.3 is 5.11 Å². The van der Waals surface area contributed by atoms with Gasteiger partial charge in [0.1, 0.15) is 0 Å². The summed E-state index contributed by atoms with van der Waals surface area (Å²) in [6, 6.07) is 0. The summed E-state index contributed by atoms with van der Waals surface area (Å²) in [6.07, 6.45) is 0.887. The van der Waals surface area contributed by atoms with Crippen LogP contribution in [0.3, 0.4) is 0 Å². The molecule has 1 N–H and O–H groups in total. The van der Waals surface area contributed by atoms with Gasteiger partial charge in [0.2, 0.25) is 0 Å². The molecular weight excluding hydrogens is 162 g/mol. The molecule has 1 rings (SSSR count). The highest BCUT2D eigenvalue weighted by Gasteiger charge is 2.37. The highest BCUT2D eigenvalue weighted by atomic mass is 16.3. The van der Waals surface area contributed by atoms with Crippen molar-refractivity contribution in [1.29, 1.82) is 0 Å². The van der Waals surface area contributed by atoms with Crippen molar-refractivity contribution >= 4 is 0 Å². The van der Waals surface area contributed by atoms with Gasteiger partial charge in [0, 0.05) is 25.2 Å². The Kier molecular flexibility index (Phi) is 3.36. The number of aliphatic hydroxyl groups excluding tert-OH is 1. The van der Waals surface area contributed by atoms with E-state index in [2.05, 4.69) is 32.6 Å². The zero-order valence-electron chi connectivity index (χ0n) is 9.38. The lowest BCUT2D eigenvalue weighted by Crippen LogP contribution is -2.58. The molecule has 2 nitrogen and oxygen atoms in total. The van der Waals surface area contributed by atoms with Gasteiger partial charge in [-0.25, -0.2) is 0 Å². The number of nitrogens with zero attached hydrogens (tertiary/aromatic N) is 1. The Balaban J connectivity index is 2.33. The summed E-state index contributed by atoms with van der Waals surface area (Å²) in [4.78, 5) is 2.48. The van der Waals surface area contributed by atoms with Crippen LogP contribution < -0.4 is 0 Å². The Morgan fingerprint density at radius 2 is 1.92 bits per heavy atom. The van der Waals surface area contributed by atoms with E-state index in [0.29, 0.717) is 6.61 Å². The second kappa shape index (κ2) is 3.97. The Labute approximate surface area is 81.9 Å². The number of hydrogen-bond donors (Lipinski definition) is 1. The van der Waals surface area contributed by atoms with Crippen molar-refractivity contribution in [2.45, 2.75) is 39.7 Å². The van der Waals surface area contributed by atoms with Crippen LogP contribution in [0.2, 0.25) is 0 Å². The summed E-state index contributed by atoms with van der Waals surface area (Å²) >= 11 is 0. The second-order valence-electron chi connectivity index (χ2n) is 5.20. The van der Waals surface area contributed by atoms with E-state index in [9.17, 15) is 0 Å². The van der Waals surface area contributed by atoms with Crippen molar-refractivity contribution in [3.05, 3.63) is 0 Å². The van der Waals surface area contributed by atoms with Crippen LogP contribution in [0.4, 0.5) is 0 Å². The van der Waals surface area contributed by atoms with Gasteiger partial charge in [0.15, 0.2) is 0 Å². The van der Waals surface area contributed by atoms with Crippen molar-refractivity contribution in [3.8, 4) is 0 Å². The van der Waals surface area contributed by atoms with Gasteiger partial charge >= 0.3 is 0 Å². The van der Waals surface area contributed by atoms with E-state index in [1.165, 1.54) is 13.1 Å². The first kappa shape index (κ1) is 11.0. The second-order valence-corrected chi connectivity index (χ2v) is 5.20. The molecule has 0 spiro atoms. The van der Waals surface area contributed by atoms with Crippen LogP contribution in [0.5, 0.6) is 0 Å². The quantitative estimate of drug-likeness (QED) is 0.721.